The number of ether oxygens (including phenoxy) is 1. The maximum atomic E-state index is 12.7. The van der Waals surface area contributed by atoms with Gasteiger partial charge < -0.3 is 15.9 Å². The van der Waals surface area contributed by atoms with Crippen LogP contribution in [-0.4, -0.2) is 38.6 Å². The van der Waals surface area contributed by atoms with Gasteiger partial charge in [-0.25, -0.2) is 9.47 Å². The molecule has 11 heteroatoms. The van der Waals surface area contributed by atoms with Crippen LogP contribution in [0.15, 0.2) is 22.7 Å². The van der Waals surface area contributed by atoms with Crippen molar-refractivity contribution in [2.24, 2.45) is 0 Å². The number of nitrogens with one attached hydrogen (secondary N) is 1. The second-order valence-electron chi connectivity index (χ2n) is 7.36. The molecule has 1 amide bonds. The van der Waals surface area contributed by atoms with Gasteiger partial charge in [-0.3, -0.25) is 4.79 Å². The fourth-order valence-corrected chi connectivity index (χ4v) is 6.04. The third-order valence-electron chi connectivity index (χ3n) is 4.71. The Hall–Kier alpha value is -2.37. The molecule has 3 N–H and O–H groups in total. The van der Waals surface area contributed by atoms with Gasteiger partial charge in [0.05, 0.1) is 22.3 Å². The Morgan fingerprint density at radius 1 is 1.32 bits per heavy atom. The third-order valence-corrected chi connectivity index (χ3v) is 7.73. The van der Waals surface area contributed by atoms with E-state index in [-0.39, 0.29) is 23.7 Å². The number of nitrogen functional groups attached to an aromatic ring is 1. The lowest BCUT2D eigenvalue weighted by Crippen LogP contribution is -2.19. The normalized spacial score (nSPS) is 13.3. The first-order chi connectivity index (χ1) is 14.9. The molecule has 1 aliphatic rings. The summed E-state index contributed by atoms with van der Waals surface area (Å²) in [7, 11) is 0. The van der Waals surface area contributed by atoms with Crippen LogP contribution in [0.5, 0.6) is 0 Å². The van der Waals surface area contributed by atoms with Crippen molar-refractivity contribution in [2.75, 3.05) is 16.9 Å². The minimum Gasteiger partial charge on any atom is -0.459 e. The highest BCUT2D eigenvalue weighted by Crippen LogP contribution is 2.39. The monoisotopic (exact) mass is 477 g/mol. The molecular weight excluding hydrogens is 454 g/mol. The molecule has 0 aliphatic heterocycles. The van der Waals surface area contributed by atoms with Crippen molar-refractivity contribution in [3.05, 3.63) is 33.5 Å². The Morgan fingerprint density at radius 3 is 2.87 bits per heavy atom. The molecule has 0 saturated heterocycles. The molecule has 3 aromatic rings. The van der Waals surface area contributed by atoms with Crippen LogP contribution in [0.4, 0.5) is 5.00 Å². The molecule has 3 heterocycles. The molecule has 31 heavy (non-hydrogen) atoms. The summed E-state index contributed by atoms with van der Waals surface area (Å²) in [5, 5.41) is 14.1. The minimum atomic E-state index is -0.375. The molecule has 0 aromatic carbocycles. The highest BCUT2D eigenvalue weighted by molar-refractivity contribution is 7.99. The summed E-state index contributed by atoms with van der Waals surface area (Å²) in [4.78, 5) is 27.5. The van der Waals surface area contributed by atoms with Crippen LogP contribution in [0.3, 0.4) is 0 Å². The lowest BCUT2D eigenvalue weighted by Gasteiger charge is -2.14. The van der Waals surface area contributed by atoms with Crippen LogP contribution in [0.1, 0.15) is 47.5 Å². The Morgan fingerprint density at radius 2 is 2.13 bits per heavy atom. The van der Waals surface area contributed by atoms with Crippen LogP contribution >= 0.6 is 34.4 Å². The average Bonchev–Trinajstić information content (AvgIpc) is 3.44. The van der Waals surface area contributed by atoms with Crippen LogP contribution < -0.4 is 11.2 Å². The van der Waals surface area contributed by atoms with Gasteiger partial charge in [-0.15, -0.1) is 32.9 Å². The number of hydrogen-bond donors (Lipinski definition) is 2. The van der Waals surface area contributed by atoms with Gasteiger partial charge in [0.2, 0.25) is 11.1 Å². The molecule has 4 rings (SSSR count). The number of amides is 1. The quantitative estimate of drug-likeness (QED) is 0.301. The highest BCUT2D eigenvalue weighted by Gasteiger charge is 2.28. The Balaban J connectivity index is 1.46. The minimum absolute atomic E-state index is 0.0982. The Labute approximate surface area is 192 Å². The number of thioether (sulfide) groups is 1. The van der Waals surface area contributed by atoms with Crippen LogP contribution in [-0.2, 0) is 22.4 Å². The number of esters is 1. The fraction of sp³-hybridized carbons (Fsp3) is 0.400. The predicted molar refractivity (Wildman–Crippen MR) is 124 cm³/mol. The summed E-state index contributed by atoms with van der Waals surface area (Å²) in [6.45, 7) is 3.64. The third kappa shape index (κ3) is 4.78. The zero-order valence-electron chi connectivity index (χ0n) is 17.2. The number of fused-ring (bicyclic) bond motifs is 1. The molecular formula is C20H23N5O3S3. The SMILES string of the molecule is CC(C)OC(=O)c1c(NC(=O)CSc2nnc(-c3cccs3)n2N)sc2c1CCCC2. The van der Waals surface area contributed by atoms with Crippen molar-refractivity contribution in [3.63, 3.8) is 0 Å². The van der Waals surface area contributed by atoms with Crippen molar-refractivity contribution in [1.29, 1.82) is 0 Å². The predicted octanol–water partition coefficient (Wildman–Crippen LogP) is 3.96. The molecule has 0 bridgehead atoms. The highest BCUT2D eigenvalue weighted by atomic mass is 32.2. The van der Waals surface area contributed by atoms with Gasteiger partial charge in [0.1, 0.15) is 5.00 Å². The molecule has 0 fully saturated rings. The lowest BCUT2D eigenvalue weighted by molar-refractivity contribution is -0.113. The first-order valence-electron chi connectivity index (χ1n) is 9.96. The van der Waals surface area contributed by atoms with E-state index in [1.807, 2.05) is 31.4 Å². The standard InChI is InChI=1S/C20H23N5O3S3/c1-11(2)28-19(27)16-12-6-3-4-7-13(12)31-18(16)22-15(26)10-30-20-24-23-17(25(20)21)14-8-5-9-29-14/h5,8-9,11H,3-4,6-7,10,21H2,1-2H3,(H,22,26). The fourth-order valence-electron chi connectivity index (χ4n) is 3.38. The molecule has 3 aromatic heterocycles. The summed E-state index contributed by atoms with van der Waals surface area (Å²) in [6, 6.07) is 3.83. The van der Waals surface area contributed by atoms with E-state index in [1.54, 1.807) is 0 Å². The molecule has 1 aliphatic carbocycles. The van der Waals surface area contributed by atoms with Crippen molar-refractivity contribution in [3.8, 4) is 10.7 Å². The molecule has 164 valence electrons. The van der Waals surface area contributed by atoms with Gasteiger partial charge in [-0.1, -0.05) is 17.8 Å². The second-order valence-corrected chi connectivity index (χ2v) is 10.4. The molecule has 0 spiro atoms. The van der Waals surface area contributed by atoms with E-state index in [0.717, 1.165) is 41.0 Å². The molecule has 0 atom stereocenters. The summed E-state index contributed by atoms with van der Waals surface area (Å²) in [6.07, 6.45) is 3.66. The second kappa shape index (κ2) is 9.41. The smallest absolute Gasteiger partial charge is 0.341 e. The zero-order valence-corrected chi connectivity index (χ0v) is 19.7. The van der Waals surface area contributed by atoms with E-state index in [4.69, 9.17) is 10.6 Å². The number of thiophene rings is 2. The topological polar surface area (TPSA) is 112 Å². The van der Waals surface area contributed by atoms with Crippen LogP contribution in [0, 0.1) is 0 Å². The number of anilines is 1. The van der Waals surface area contributed by atoms with Gasteiger partial charge in [-0.2, -0.15) is 0 Å². The van der Waals surface area contributed by atoms with Crippen LogP contribution in [0.2, 0.25) is 0 Å². The van der Waals surface area contributed by atoms with E-state index in [0.29, 0.717) is 21.5 Å². The van der Waals surface area contributed by atoms with Crippen LogP contribution in [0.25, 0.3) is 10.7 Å². The summed E-state index contributed by atoms with van der Waals surface area (Å²) in [5.41, 5.74) is 1.53. The van der Waals surface area contributed by atoms with Gasteiger partial charge >= 0.3 is 5.97 Å². The molecule has 0 unspecified atom stereocenters. The van der Waals surface area contributed by atoms with Gasteiger partial charge in [-0.05, 0) is 56.5 Å². The number of nitrogens with two attached hydrogens (primary N) is 1. The largest absolute Gasteiger partial charge is 0.459 e. The van der Waals surface area contributed by atoms with Crippen molar-refractivity contribution in [2.45, 2.75) is 50.8 Å². The van der Waals surface area contributed by atoms with E-state index < -0.39 is 0 Å². The number of carbonyl (C=O) groups is 2. The molecule has 0 radical (unpaired) electrons. The lowest BCUT2D eigenvalue weighted by atomic mass is 9.95. The summed E-state index contributed by atoms with van der Waals surface area (Å²) in [5.74, 6) is 6.14. The van der Waals surface area contributed by atoms with E-state index in [2.05, 4.69) is 15.5 Å². The van der Waals surface area contributed by atoms with Crippen molar-refractivity contribution < 1.29 is 14.3 Å². The van der Waals surface area contributed by atoms with Crippen molar-refractivity contribution in [1.82, 2.24) is 14.9 Å². The summed E-state index contributed by atoms with van der Waals surface area (Å²) < 4.78 is 6.83. The Bertz CT molecular complexity index is 1090. The van der Waals surface area contributed by atoms with Gasteiger partial charge in [0.25, 0.3) is 0 Å². The molecule has 8 nitrogen and oxygen atoms in total. The number of carbonyl (C=O) groups excluding carboxylic acids is 2. The zero-order chi connectivity index (χ0) is 22.0. The summed E-state index contributed by atoms with van der Waals surface area (Å²) >= 11 is 4.19. The first-order valence-corrected chi connectivity index (χ1v) is 12.6. The number of nitrogens with zero attached hydrogens (tertiary/aromatic N) is 3. The number of aryl methyl sites for hydroxylation is 1. The molecule has 0 saturated carbocycles. The van der Waals surface area contributed by atoms with E-state index >= 15 is 0 Å². The maximum absolute atomic E-state index is 12.7. The first kappa shape index (κ1) is 21.8. The number of aromatic nitrogens is 3. The number of hydrogen-bond acceptors (Lipinski definition) is 9. The van der Waals surface area contributed by atoms with Crippen molar-refractivity contribution >= 4 is 51.3 Å². The number of rotatable bonds is 7. The van der Waals surface area contributed by atoms with E-state index in [9.17, 15) is 9.59 Å². The van der Waals surface area contributed by atoms with Gasteiger partial charge in [0.15, 0.2) is 5.82 Å². The van der Waals surface area contributed by atoms with E-state index in [1.165, 1.54) is 39.1 Å². The Kier molecular flexibility index (Phi) is 6.63. The average molecular weight is 478 g/mol. The van der Waals surface area contributed by atoms with Gasteiger partial charge in [0, 0.05) is 4.88 Å². The maximum Gasteiger partial charge on any atom is 0.341 e.